The van der Waals surface area contributed by atoms with E-state index in [2.05, 4.69) is 9.71 Å². The van der Waals surface area contributed by atoms with Crippen LogP contribution in [0.25, 0.3) is 0 Å². The van der Waals surface area contributed by atoms with Crippen LogP contribution in [0.1, 0.15) is 34.8 Å². The molecule has 1 unspecified atom stereocenters. The molecule has 0 spiro atoms. The Morgan fingerprint density at radius 2 is 1.93 bits per heavy atom. The molecule has 2 aromatic carbocycles. The third kappa shape index (κ3) is 4.04. The van der Waals surface area contributed by atoms with Crippen molar-refractivity contribution in [1.29, 1.82) is 0 Å². The van der Waals surface area contributed by atoms with Gasteiger partial charge in [-0.15, -0.1) is 0 Å². The minimum atomic E-state index is -4.05. The summed E-state index contributed by atoms with van der Waals surface area (Å²) in [7, 11) is -4.05. The van der Waals surface area contributed by atoms with Crippen molar-refractivity contribution in [3.8, 4) is 0 Å². The number of halogens is 1. The molecule has 30 heavy (non-hydrogen) atoms. The van der Waals surface area contributed by atoms with Crippen molar-refractivity contribution in [2.75, 3.05) is 11.3 Å². The molecule has 1 aliphatic rings. The average Bonchev–Trinajstić information content (AvgIpc) is 3.25. The van der Waals surface area contributed by atoms with E-state index in [1.165, 1.54) is 42.5 Å². The van der Waals surface area contributed by atoms with Gasteiger partial charge in [0, 0.05) is 24.5 Å². The largest absolute Gasteiger partial charge is 0.332 e. The number of hydrogen-bond donors (Lipinski definition) is 1. The van der Waals surface area contributed by atoms with Gasteiger partial charge in [-0.05, 0) is 54.8 Å². The SMILES string of the molecule is O=C(c1cccc(S(=O)(=O)Nc2ccccc2F)c1)N1CCCC1c1cccnc1. The monoisotopic (exact) mass is 425 g/mol. The Bertz CT molecular complexity index is 1170. The van der Waals surface area contributed by atoms with Gasteiger partial charge in [-0.2, -0.15) is 0 Å². The van der Waals surface area contributed by atoms with Crippen LogP contribution >= 0.6 is 0 Å². The van der Waals surface area contributed by atoms with Crippen LogP contribution < -0.4 is 4.72 Å². The van der Waals surface area contributed by atoms with Crippen LogP contribution in [0, 0.1) is 5.82 Å². The van der Waals surface area contributed by atoms with Gasteiger partial charge in [0.1, 0.15) is 5.82 Å². The molecule has 1 fully saturated rings. The number of sulfonamides is 1. The maximum Gasteiger partial charge on any atom is 0.262 e. The minimum absolute atomic E-state index is 0.0944. The van der Waals surface area contributed by atoms with Gasteiger partial charge in [-0.1, -0.05) is 24.3 Å². The number of likely N-dealkylation sites (tertiary alicyclic amines) is 1. The Hall–Kier alpha value is -3.26. The zero-order chi connectivity index (χ0) is 21.1. The second-order valence-electron chi connectivity index (χ2n) is 7.06. The van der Waals surface area contributed by atoms with Gasteiger partial charge in [0.2, 0.25) is 0 Å². The maximum absolute atomic E-state index is 13.9. The number of benzene rings is 2. The highest BCUT2D eigenvalue weighted by molar-refractivity contribution is 7.92. The first-order valence-corrected chi connectivity index (χ1v) is 11.0. The summed E-state index contributed by atoms with van der Waals surface area (Å²) in [6.07, 6.45) is 5.11. The number of aromatic nitrogens is 1. The van der Waals surface area contributed by atoms with Crippen LogP contribution in [-0.4, -0.2) is 30.8 Å². The summed E-state index contributed by atoms with van der Waals surface area (Å²) in [6, 6.07) is 15.0. The predicted octanol–water partition coefficient (Wildman–Crippen LogP) is 4.00. The molecule has 2 heterocycles. The highest BCUT2D eigenvalue weighted by atomic mass is 32.2. The number of anilines is 1. The van der Waals surface area contributed by atoms with E-state index in [9.17, 15) is 17.6 Å². The summed E-state index contributed by atoms with van der Waals surface area (Å²) in [5, 5.41) is 0. The number of rotatable bonds is 5. The van der Waals surface area contributed by atoms with E-state index in [1.54, 1.807) is 23.4 Å². The van der Waals surface area contributed by atoms with Gasteiger partial charge < -0.3 is 4.90 Å². The Morgan fingerprint density at radius 3 is 2.70 bits per heavy atom. The Labute approximate surface area is 174 Å². The highest BCUT2D eigenvalue weighted by Crippen LogP contribution is 2.33. The molecule has 0 bridgehead atoms. The van der Waals surface area contributed by atoms with Crippen LogP contribution in [0.3, 0.4) is 0 Å². The molecule has 6 nitrogen and oxygen atoms in total. The van der Waals surface area contributed by atoms with Crippen LogP contribution in [0.5, 0.6) is 0 Å². The number of hydrogen-bond acceptors (Lipinski definition) is 4. The van der Waals surface area contributed by atoms with E-state index in [4.69, 9.17) is 0 Å². The summed E-state index contributed by atoms with van der Waals surface area (Å²) in [4.78, 5) is 18.9. The first kappa shape index (κ1) is 20.0. The quantitative estimate of drug-likeness (QED) is 0.670. The van der Waals surface area contributed by atoms with Crippen molar-refractivity contribution in [3.05, 3.63) is 90.0 Å². The fourth-order valence-electron chi connectivity index (χ4n) is 3.64. The predicted molar refractivity (Wildman–Crippen MR) is 111 cm³/mol. The number of nitrogens with one attached hydrogen (secondary N) is 1. The van der Waals surface area contributed by atoms with E-state index < -0.39 is 15.8 Å². The highest BCUT2D eigenvalue weighted by Gasteiger charge is 2.31. The van der Waals surface area contributed by atoms with Crippen LogP contribution in [0.15, 0.2) is 78.0 Å². The van der Waals surface area contributed by atoms with Crippen molar-refractivity contribution in [2.45, 2.75) is 23.8 Å². The van der Waals surface area contributed by atoms with Crippen molar-refractivity contribution in [1.82, 2.24) is 9.88 Å². The molecular formula is C22H20FN3O3S. The van der Waals surface area contributed by atoms with Gasteiger partial charge in [-0.25, -0.2) is 12.8 Å². The number of carbonyl (C=O) groups is 1. The van der Waals surface area contributed by atoms with Crippen LogP contribution in [0.4, 0.5) is 10.1 Å². The Kier molecular flexibility index (Phi) is 5.50. The van der Waals surface area contributed by atoms with Crippen molar-refractivity contribution >= 4 is 21.6 Å². The molecule has 4 rings (SSSR count). The molecule has 1 N–H and O–H groups in total. The third-order valence-electron chi connectivity index (χ3n) is 5.09. The summed E-state index contributed by atoms with van der Waals surface area (Å²) in [6.45, 7) is 0.586. The summed E-state index contributed by atoms with van der Waals surface area (Å²) >= 11 is 0. The van der Waals surface area contributed by atoms with Crippen molar-refractivity contribution in [3.63, 3.8) is 0 Å². The van der Waals surface area contributed by atoms with E-state index in [-0.39, 0.29) is 28.1 Å². The molecule has 1 amide bonds. The van der Waals surface area contributed by atoms with E-state index in [0.29, 0.717) is 6.54 Å². The molecule has 154 valence electrons. The molecule has 0 saturated carbocycles. The second kappa shape index (κ2) is 8.23. The molecule has 1 atom stereocenters. The van der Waals surface area contributed by atoms with Crippen molar-refractivity contribution in [2.24, 2.45) is 0 Å². The lowest BCUT2D eigenvalue weighted by molar-refractivity contribution is 0.0735. The third-order valence-corrected chi connectivity index (χ3v) is 6.46. The fraction of sp³-hybridized carbons (Fsp3) is 0.182. The molecular weight excluding hydrogens is 405 g/mol. The van der Waals surface area contributed by atoms with E-state index in [1.807, 2.05) is 12.1 Å². The Morgan fingerprint density at radius 1 is 1.10 bits per heavy atom. The lowest BCUT2D eigenvalue weighted by atomic mass is 10.1. The fourth-order valence-corrected chi connectivity index (χ4v) is 4.75. The molecule has 3 aromatic rings. The normalized spacial score (nSPS) is 16.4. The number of amides is 1. The van der Waals surface area contributed by atoms with E-state index in [0.717, 1.165) is 18.4 Å². The lowest BCUT2D eigenvalue weighted by Gasteiger charge is -2.25. The molecule has 0 aliphatic carbocycles. The van der Waals surface area contributed by atoms with Crippen LogP contribution in [0.2, 0.25) is 0 Å². The van der Waals surface area contributed by atoms with Crippen LogP contribution in [-0.2, 0) is 10.0 Å². The standard InChI is InChI=1S/C22H20FN3O3S/c23-19-9-1-2-10-20(19)25-30(28,29)18-8-3-6-16(14-18)22(27)26-13-5-11-21(26)17-7-4-12-24-15-17/h1-4,6-10,12,14-15,21,25H,5,11,13H2. The van der Waals surface area contributed by atoms with Gasteiger partial charge in [0.15, 0.2) is 0 Å². The smallest absolute Gasteiger partial charge is 0.262 e. The van der Waals surface area contributed by atoms with Gasteiger partial charge in [0.25, 0.3) is 15.9 Å². The molecule has 0 radical (unpaired) electrons. The van der Waals surface area contributed by atoms with Gasteiger partial charge in [-0.3, -0.25) is 14.5 Å². The number of pyridine rings is 1. The second-order valence-corrected chi connectivity index (χ2v) is 8.74. The summed E-state index contributed by atoms with van der Waals surface area (Å²) in [5.74, 6) is -0.922. The van der Waals surface area contributed by atoms with E-state index >= 15 is 0 Å². The topological polar surface area (TPSA) is 79.4 Å². The first-order valence-electron chi connectivity index (χ1n) is 9.54. The molecule has 1 saturated heterocycles. The maximum atomic E-state index is 13.9. The molecule has 1 aromatic heterocycles. The average molecular weight is 425 g/mol. The number of carbonyl (C=O) groups excluding carboxylic acids is 1. The number of para-hydroxylation sites is 1. The van der Waals surface area contributed by atoms with Gasteiger partial charge in [0.05, 0.1) is 16.6 Å². The van der Waals surface area contributed by atoms with Crippen molar-refractivity contribution < 1.29 is 17.6 Å². The minimum Gasteiger partial charge on any atom is -0.332 e. The van der Waals surface area contributed by atoms with Gasteiger partial charge >= 0.3 is 0 Å². The molecule has 8 heteroatoms. The number of nitrogens with zero attached hydrogens (tertiary/aromatic N) is 2. The summed E-state index contributed by atoms with van der Waals surface area (Å²) < 4.78 is 41.5. The zero-order valence-corrected chi connectivity index (χ0v) is 16.8. The summed E-state index contributed by atoms with van der Waals surface area (Å²) in [5.41, 5.74) is 1.07. The molecule has 1 aliphatic heterocycles. The Balaban J connectivity index is 1.60. The zero-order valence-electron chi connectivity index (χ0n) is 16.0. The first-order chi connectivity index (χ1) is 14.5. The lowest BCUT2D eigenvalue weighted by Crippen LogP contribution is -2.30.